The first-order valence-corrected chi connectivity index (χ1v) is 5.28. The van der Waals surface area contributed by atoms with Crippen LogP contribution in [0.2, 0.25) is 0 Å². The van der Waals surface area contributed by atoms with E-state index in [2.05, 4.69) is 25.7 Å². The lowest BCUT2D eigenvalue weighted by atomic mass is 10.1. The summed E-state index contributed by atoms with van der Waals surface area (Å²) in [5.74, 6) is -1.73. The Morgan fingerprint density at radius 1 is 1.69 bits per heavy atom. The number of nitrogens with zero attached hydrogens (tertiary/aromatic N) is 1. The topological polar surface area (TPSA) is 59.4 Å². The van der Waals surface area contributed by atoms with Crippen LogP contribution >= 0.6 is 15.9 Å². The quantitative estimate of drug-likeness (QED) is 0.687. The first kappa shape index (κ1) is 12.8. The Hall–Kier alpha value is -1.24. The third kappa shape index (κ3) is 2.46. The van der Waals surface area contributed by atoms with E-state index in [-0.39, 0.29) is 16.6 Å². The first-order chi connectivity index (χ1) is 7.51. The molecule has 1 heterocycles. The summed E-state index contributed by atoms with van der Waals surface area (Å²) in [6.45, 7) is 0. The molecule has 0 unspecified atom stereocenters. The summed E-state index contributed by atoms with van der Waals surface area (Å²) in [6.07, 6.45) is -2.96. The highest BCUT2D eigenvalue weighted by Crippen LogP contribution is 2.30. The molecule has 0 spiro atoms. The maximum atomic E-state index is 12.5. The van der Waals surface area contributed by atoms with Crippen LogP contribution in [0.25, 0.3) is 0 Å². The molecule has 0 aliphatic heterocycles. The van der Waals surface area contributed by atoms with Crippen molar-refractivity contribution in [3.05, 3.63) is 23.0 Å². The number of carbonyl (C=O) groups is 1. The molecule has 0 saturated carbocycles. The molecule has 0 aromatic carbocycles. The standard InChI is InChI=1S/C9H8BrF2NO3/c1-16-9(15)5-2-4(3-10)13-6(7(5)14)8(11)12/h2,8,14H,3H2,1H3. The van der Waals surface area contributed by atoms with E-state index in [9.17, 15) is 18.7 Å². The van der Waals surface area contributed by atoms with E-state index in [1.54, 1.807) is 0 Å². The molecule has 1 rings (SSSR count). The van der Waals surface area contributed by atoms with Crippen molar-refractivity contribution in [1.29, 1.82) is 0 Å². The largest absolute Gasteiger partial charge is 0.505 e. The maximum absolute atomic E-state index is 12.5. The van der Waals surface area contributed by atoms with Crippen LogP contribution in [0, 0.1) is 0 Å². The number of alkyl halides is 3. The van der Waals surface area contributed by atoms with Gasteiger partial charge in [0.25, 0.3) is 6.43 Å². The average molecular weight is 296 g/mol. The van der Waals surface area contributed by atoms with Crippen LogP contribution in [0.5, 0.6) is 5.75 Å². The van der Waals surface area contributed by atoms with Gasteiger partial charge < -0.3 is 9.84 Å². The van der Waals surface area contributed by atoms with Crippen molar-refractivity contribution in [3.63, 3.8) is 0 Å². The first-order valence-electron chi connectivity index (χ1n) is 4.16. The number of ether oxygens (including phenoxy) is 1. The highest BCUT2D eigenvalue weighted by molar-refractivity contribution is 9.08. The minimum Gasteiger partial charge on any atom is -0.505 e. The normalized spacial score (nSPS) is 10.6. The predicted octanol–water partition coefficient (Wildman–Crippen LogP) is 2.41. The van der Waals surface area contributed by atoms with Gasteiger partial charge in [-0.1, -0.05) is 15.9 Å². The molecule has 7 heteroatoms. The number of esters is 1. The van der Waals surface area contributed by atoms with Gasteiger partial charge in [0.15, 0.2) is 5.75 Å². The summed E-state index contributed by atoms with van der Waals surface area (Å²) in [4.78, 5) is 14.7. The zero-order chi connectivity index (χ0) is 12.3. The Balaban J connectivity index is 3.37. The second kappa shape index (κ2) is 5.20. The number of pyridine rings is 1. The predicted molar refractivity (Wildman–Crippen MR) is 54.8 cm³/mol. The fourth-order valence-electron chi connectivity index (χ4n) is 1.10. The van der Waals surface area contributed by atoms with Crippen molar-refractivity contribution in [1.82, 2.24) is 4.98 Å². The SMILES string of the molecule is COC(=O)c1cc(CBr)nc(C(F)F)c1O. The summed E-state index contributed by atoms with van der Waals surface area (Å²) < 4.78 is 29.4. The smallest absolute Gasteiger partial charge is 0.341 e. The van der Waals surface area contributed by atoms with Gasteiger partial charge in [-0.15, -0.1) is 0 Å². The molecule has 0 fully saturated rings. The van der Waals surface area contributed by atoms with E-state index in [1.165, 1.54) is 6.07 Å². The molecule has 0 radical (unpaired) electrons. The summed E-state index contributed by atoms with van der Waals surface area (Å²) in [7, 11) is 1.10. The Labute approximate surface area is 98.4 Å². The van der Waals surface area contributed by atoms with Crippen LogP contribution in [0.1, 0.15) is 28.2 Å². The van der Waals surface area contributed by atoms with E-state index >= 15 is 0 Å². The molecule has 0 aliphatic rings. The van der Waals surface area contributed by atoms with Crippen LogP contribution < -0.4 is 0 Å². The van der Waals surface area contributed by atoms with Crippen molar-refractivity contribution >= 4 is 21.9 Å². The van der Waals surface area contributed by atoms with Gasteiger partial charge in [0.1, 0.15) is 11.3 Å². The highest BCUT2D eigenvalue weighted by Gasteiger charge is 2.23. The fourth-order valence-corrected chi connectivity index (χ4v) is 1.39. The van der Waals surface area contributed by atoms with Gasteiger partial charge in [-0.25, -0.2) is 18.6 Å². The molecule has 1 aromatic rings. The number of hydrogen-bond acceptors (Lipinski definition) is 4. The van der Waals surface area contributed by atoms with Gasteiger partial charge in [0.2, 0.25) is 0 Å². The third-order valence-electron chi connectivity index (χ3n) is 1.82. The lowest BCUT2D eigenvalue weighted by molar-refractivity contribution is 0.0595. The monoisotopic (exact) mass is 295 g/mol. The summed E-state index contributed by atoms with van der Waals surface area (Å²) in [6, 6.07) is 1.20. The average Bonchev–Trinajstić information content (AvgIpc) is 2.28. The zero-order valence-electron chi connectivity index (χ0n) is 8.21. The summed E-state index contributed by atoms with van der Waals surface area (Å²) in [5, 5.41) is 9.61. The summed E-state index contributed by atoms with van der Waals surface area (Å²) >= 11 is 3.03. The molecule has 4 nitrogen and oxygen atoms in total. The Kier molecular flexibility index (Phi) is 4.17. The summed E-state index contributed by atoms with van der Waals surface area (Å²) in [5.41, 5.74) is -0.923. The van der Waals surface area contributed by atoms with Gasteiger partial charge in [0, 0.05) is 5.33 Å². The molecule has 0 atom stereocenters. The van der Waals surface area contributed by atoms with Crippen molar-refractivity contribution in [2.75, 3.05) is 7.11 Å². The van der Waals surface area contributed by atoms with Crippen molar-refractivity contribution < 1.29 is 23.4 Å². The lowest BCUT2D eigenvalue weighted by Gasteiger charge is -2.09. The van der Waals surface area contributed by atoms with Gasteiger partial charge in [-0.3, -0.25) is 0 Å². The van der Waals surface area contributed by atoms with E-state index in [0.717, 1.165) is 7.11 Å². The molecule has 0 amide bonds. The van der Waals surface area contributed by atoms with E-state index in [1.807, 2.05) is 0 Å². The zero-order valence-corrected chi connectivity index (χ0v) is 9.79. The van der Waals surface area contributed by atoms with Gasteiger partial charge >= 0.3 is 5.97 Å². The number of carbonyl (C=O) groups excluding carboxylic acids is 1. The number of methoxy groups -OCH3 is 1. The van der Waals surface area contributed by atoms with Gasteiger partial charge in [-0.05, 0) is 6.07 Å². The Morgan fingerprint density at radius 2 is 2.31 bits per heavy atom. The van der Waals surface area contributed by atoms with E-state index in [4.69, 9.17) is 0 Å². The number of halogens is 3. The maximum Gasteiger partial charge on any atom is 0.341 e. The molecular weight excluding hydrogens is 288 g/mol. The number of hydrogen-bond donors (Lipinski definition) is 1. The van der Waals surface area contributed by atoms with Gasteiger partial charge in [0.05, 0.1) is 12.8 Å². The molecule has 1 N–H and O–H groups in total. The van der Waals surface area contributed by atoms with E-state index < -0.39 is 23.8 Å². The number of aromatic nitrogens is 1. The number of rotatable bonds is 3. The molecule has 16 heavy (non-hydrogen) atoms. The van der Waals surface area contributed by atoms with Crippen molar-refractivity contribution in [2.45, 2.75) is 11.8 Å². The minimum absolute atomic E-state index is 0.191. The van der Waals surface area contributed by atoms with Crippen LogP contribution in [0.15, 0.2) is 6.07 Å². The highest BCUT2D eigenvalue weighted by atomic mass is 79.9. The molecule has 0 saturated heterocycles. The second-order valence-electron chi connectivity index (χ2n) is 2.82. The molecule has 1 aromatic heterocycles. The molecular formula is C9H8BrF2NO3. The number of aromatic hydroxyl groups is 1. The van der Waals surface area contributed by atoms with Gasteiger partial charge in [-0.2, -0.15) is 0 Å². The Morgan fingerprint density at radius 3 is 2.75 bits per heavy atom. The lowest BCUT2D eigenvalue weighted by Crippen LogP contribution is -2.06. The van der Waals surface area contributed by atoms with E-state index in [0.29, 0.717) is 0 Å². The van der Waals surface area contributed by atoms with Crippen LogP contribution in [-0.2, 0) is 10.1 Å². The van der Waals surface area contributed by atoms with Crippen LogP contribution in [-0.4, -0.2) is 23.2 Å². The third-order valence-corrected chi connectivity index (χ3v) is 2.40. The Bertz CT molecular complexity index is 412. The second-order valence-corrected chi connectivity index (χ2v) is 3.38. The minimum atomic E-state index is -2.96. The van der Waals surface area contributed by atoms with Crippen molar-refractivity contribution in [2.24, 2.45) is 0 Å². The fraction of sp³-hybridized carbons (Fsp3) is 0.333. The molecule has 0 bridgehead atoms. The molecule has 88 valence electrons. The van der Waals surface area contributed by atoms with Crippen LogP contribution in [0.3, 0.4) is 0 Å². The van der Waals surface area contributed by atoms with Crippen LogP contribution in [0.4, 0.5) is 8.78 Å². The van der Waals surface area contributed by atoms with Crippen molar-refractivity contribution in [3.8, 4) is 5.75 Å². The molecule has 0 aliphatic carbocycles.